The fraction of sp³-hybridized carbons (Fsp3) is 0.692. The molecule has 102 valence electrons. The van der Waals surface area contributed by atoms with Gasteiger partial charge in [-0.2, -0.15) is 0 Å². The predicted molar refractivity (Wildman–Crippen MR) is 79.6 cm³/mol. The summed E-state index contributed by atoms with van der Waals surface area (Å²) in [6, 6.07) is 1.58. The fourth-order valence-electron chi connectivity index (χ4n) is 1.75. The average Bonchev–Trinajstić information content (AvgIpc) is 2.31. The first-order valence-corrected chi connectivity index (χ1v) is 7.73. The number of hydrogen-bond acceptors (Lipinski definition) is 5. The summed E-state index contributed by atoms with van der Waals surface area (Å²) in [7, 11) is 0. The van der Waals surface area contributed by atoms with Crippen LogP contribution in [0.4, 0.5) is 11.6 Å². The van der Waals surface area contributed by atoms with E-state index in [1.807, 2.05) is 0 Å². The van der Waals surface area contributed by atoms with Crippen LogP contribution in [0.25, 0.3) is 0 Å². The van der Waals surface area contributed by atoms with Gasteiger partial charge in [-0.25, -0.2) is 9.97 Å². The number of hydrogen-bond donors (Lipinski definition) is 2. The van der Waals surface area contributed by atoms with E-state index in [0.717, 1.165) is 5.75 Å². The van der Waals surface area contributed by atoms with Gasteiger partial charge < -0.3 is 11.5 Å². The van der Waals surface area contributed by atoms with Crippen LogP contribution < -0.4 is 11.5 Å². The topological polar surface area (TPSA) is 77.8 Å². The molecule has 0 bridgehead atoms. The van der Waals surface area contributed by atoms with Crippen molar-refractivity contribution in [1.82, 2.24) is 9.97 Å². The predicted octanol–water partition coefficient (Wildman–Crippen LogP) is 3.48. The third-order valence-corrected chi connectivity index (χ3v) is 3.66. The van der Waals surface area contributed by atoms with E-state index in [-0.39, 0.29) is 0 Å². The van der Waals surface area contributed by atoms with Crippen LogP contribution in [0, 0.1) is 0 Å². The van der Waals surface area contributed by atoms with Crippen molar-refractivity contribution in [1.29, 1.82) is 0 Å². The molecule has 0 saturated carbocycles. The van der Waals surface area contributed by atoms with Gasteiger partial charge in [0.25, 0.3) is 0 Å². The molecule has 0 radical (unpaired) electrons. The van der Waals surface area contributed by atoms with E-state index >= 15 is 0 Å². The molecule has 4 nitrogen and oxygen atoms in total. The Kier molecular flexibility index (Phi) is 7.57. The third-order valence-electron chi connectivity index (χ3n) is 2.72. The van der Waals surface area contributed by atoms with Gasteiger partial charge in [0.1, 0.15) is 11.6 Å². The van der Waals surface area contributed by atoms with Crippen molar-refractivity contribution < 1.29 is 0 Å². The van der Waals surface area contributed by atoms with Crippen LogP contribution in [0.2, 0.25) is 0 Å². The van der Waals surface area contributed by atoms with Crippen LogP contribution >= 0.6 is 11.8 Å². The average molecular weight is 268 g/mol. The Labute approximate surface area is 114 Å². The molecular formula is C13H24N4S. The van der Waals surface area contributed by atoms with Gasteiger partial charge in [-0.3, -0.25) is 0 Å². The van der Waals surface area contributed by atoms with Crippen LogP contribution in [0.1, 0.15) is 51.9 Å². The highest BCUT2D eigenvalue weighted by Gasteiger charge is 2.01. The lowest BCUT2D eigenvalue weighted by atomic mass is 10.1. The number of aromatic nitrogens is 2. The molecule has 0 aliphatic rings. The zero-order valence-corrected chi connectivity index (χ0v) is 12.0. The summed E-state index contributed by atoms with van der Waals surface area (Å²) >= 11 is 1.63. The van der Waals surface area contributed by atoms with E-state index in [2.05, 4.69) is 16.9 Å². The summed E-state index contributed by atoms with van der Waals surface area (Å²) < 4.78 is 0. The van der Waals surface area contributed by atoms with E-state index in [4.69, 9.17) is 11.5 Å². The second-order valence-electron chi connectivity index (χ2n) is 4.47. The first-order chi connectivity index (χ1) is 8.72. The van der Waals surface area contributed by atoms with Crippen LogP contribution in [0.3, 0.4) is 0 Å². The highest BCUT2D eigenvalue weighted by molar-refractivity contribution is 7.99. The molecule has 1 aromatic heterocycles. The standard InChI is InChI=1S/C13H24N4S/c1-2-3-4-5-6-7-8-9-18-13-16-11(14)10-12(15)17-13/h10H,2-9H2,1H3,(H4,14,15,16,17). The van der Waals surface area contributed by atoms with Crippen molar-refractivity contribution in [2.24, 2.45) is 0 Å². The van der Waals surface area contributed by atoms with E-state index in [1.165, 1.54) is 44.9 Å². The first kappa shape index (κ1) is 15.1. The number of thioether (sulfide) groups is 1. The summed E-state index contributed by atoms with van der Waals surface area (Å²) in [6.45, 7) is 2.24. The summed E-state index contributed by atoms with van der Waals surface area (Å²) in [6.07, 6.45) is 9.23. The number of rotatable bonds is 9. The molecule has 0 unspecified atom stereocenters. The molecular weight excluding hydrogens is 244 g/mol. The van der Waals surface area contributed by atoms with Crippen molar-refractivity contribution in [3.8, 4) is 0 Å². The Morgan fingerprint density at radius 1 is 0.944 bits per heavy atom. The Bertz CT molecular complexity index is 324. The smallest absolute Gasteiger partial charge is 0.191 e. The summed E-state index contributed by atoms with van der Waals surface area (Å²) in [5.74, 6) is 1.94. The molecule has 1 aromatic rings. The SMILES string of the molecule is CCCCCCCCCSc1nc(N)cc(N)n1. The van der Waals surface area contributed by atoms with Crippen molar-refractivity contribution in [2.45, 2.75) is 57.0 Å². The van der Waals surface area contributed by atoms with Gasteiger partial charge >= 0.3 is 0 Å². The molecule has 1 heterocycles. The third kappa shape index (κ3) is 6.69. The van der Waals surface area contributed by atoms with Crippen LogP contribution in [-0.4, -0.2) is 15.7 Å². The van der Waals surface area contributed by atoms with Crippen molar-refractivity contribution in [2.75, 3.05) is 17.2 Å². The minimum atomic E-state index is 0.449. The molecule has 0 aliphatic heterocycles. The lowest BCUT2D eigenvalue weighted by molar-refractivity contribution is 0.603. The van der Waals surface area contributed by atoms with Gasteiger partial charge in [0.2, 0.25) is 0 Å². The number of nitrogen functional groups attached to an aromatic ring is 2. The molecule has 5 heteroatoms. The molecule has 0 fully saturated rings. The highest BCUT2D eigenvalue weighted by Crippen LogP contribution is 2.18. The maximum absolute atomic E-state index is 5.61. The largest absolute Gasteiger partial charge is 0.383 e. The van der Waals surface area contributed by atoms with E-state index < -0.39 is 0 Å². The zero-order chi connectivity index (χ0) is 13.2. The normalized spacial score (nSPS) is 10.7. The molecule has 0 spiro atoms. The van der Waals surface area contributed by atoms with Gasteiger partial charge in [0, 0.05) is 11.8 Å². The van der Waals surface area contributed by atoms with Crippen LogP contribution in [-0.2, 0) is 0 Å². The monoisotopic (exact) mass is 268 g/mol. The molecule has 1 rings (SSSR count). The minimum Gasteiger partial charge on any atom is -0.383 e. The van der Waals surface area contributed by atoms with E-state index in [0.29, 0.717) is 16.8 Å². The van der Waals surface area contributed by atoms with Crippen LogP contribution in [0.15, 0.2) is 11.2 Å². The Balaban J connectivity index is 2.07. The minimum absolute atomic E-state index is 0.449. The number of nitrogens with zero attached hydrogens (tertiary/aromatic N) is 2. The second kappa shape index (κ2) is 9.03. The molecule has 0 aliphatic carbocycles. The van der Waals surface area contributed by atoms with Gasteiger partial charge in [0.15, 0.2) is 5.16 Å². The first-order valence-electron chi connectivity index (χ1n) is 6.75. The zero-order valence-electron chi connectivity index (χ0n) is 11.2. The molecule has 18 heavy (non-hydrogen) atoms. The van der Waals surface area contributed by atoms with Gasteiger partial charge in [-0.1, -0.05) is 57.2 Å². The molecule has 4 N–H and O–H groups in total. The lowest BCUT2D eigenvalue weighted by Gasteiger charge is -2.03. The summed E-state index contributed by atoms with van der Waals surface area (Å²) in [4.78, 5) is 8.28. The molecule has 0 aromatic carbocycles. The van der Waals surface area contributed by atoms with Gasteiger partial charge in [0.05, 0.1) is 0 Å². The highest BCUT2D eigenvalue weighted by atomic mass is 32.2. The number of anilines is 2. The van der Waals surface area contributed by atoms with Crippen molar-refractivity contribution in [3.05, 3.63) is 6.07 Å². The van der Waals surface area contributed by atoms with E-state index in [1.54, 1.807) is 17.8 Å². The van der Waals surface area contributed by atoms with Crippen molar-refractivity contribution in [3.63, 3.8) is 0 Å². The number of unbranched alkanes of at least 4 members (excludes halogenated alkanes) is 6. The molecule has 0 atom stereocenters. The Morgan fingerprint density at radius 3 is 2.11 bits per heavy atom. The Morgan fingerprint density at radius 2 is 1.50 bits per heavy atom. The molecule has 0 saturated heterocycles. The summed E-state index contributed by atoms with van der Waals surface area (Å²) in [5.41, 5.74) is 11.2. The fourth-order valence-corrected chi connectivity index (χ4v) is 2.62. The molecule has 0 amide bonds. The van der Waals surface area contributed by atoms with Gasteiger partial charge in [-0.05, 0) is 6.42 Å². The second-order valence-corrected chi connectivity index (χ2v) is 5.53. The summed E-state index contributed by atoms with van der Waals surface area (Å²) in [5, 5.41) is 0.693. The van der Waals surface area contributed by atoms with Crippen LogP contribution in [0.5, 0.6) is 0 Å². The maximum atomic E-state index is 5.61. The Hall–Kier alpha value is -0.970. The number of nitrogens with two attached hydrogens (primary N) is 2. The maximum Gasteiger partial charge on any atom is 0.191 e. The van der Waals surface area contributed by atoms with E-state index in [9.17, 15) is 0 Å². The lowest BCUT2D eigenvalue weighted by Crippen LogP contribution is -1.99. The quantitative estimate of drug-likeness (QED) is 0.407. The van der Waals surface area contributed by atoms with Crippen molar-refractivity contribution >= 4 is 23.4 Å². The van der Waals surface area contributed by atoms with Gasteiger partial charge in [-0.15, -0.1) is 0 Å².